The minimum absolute atomic E-state index is 0.0505. The second-order valence-electron chi connectivity index (χ2n) is 4.79. The maximum Gasteiger partial charge on any atom is 0.223 e. The Morgan fingerprint density at radius 1 is 1.20 bits per heavy atom. The topological polar surface area (TPSA) is 58.2 Å². The quantitative estimate of drug-likeness (QED) is 0.818. The Morgan fingerprint density at radius 2 is 1.90 bits per heavy atom. The van der Waals surface area contributed by atoms with Crippen molar-refractivity contribution in [3.8, 4) is 0 Å². The predicted molar refractivity (Wildman–Crippen MR) is 69.3 cm³/mol. The summed E-state index contributed by atoms with van der Waals surface area (Å²) in [6, 6.07) is 2.95. The molecule has 0 unspecified atom stereocenters. The number of halogens is 2. The molecule has 0 saturated carbocycles. The normalized spacial score (nSPS) is 15.9. The van der Waals surface area contributed by atoms with Crippen molar-refractivity contribution >= 4 is 11.7 Å². The number of Topliss-reactive ketones (excluding diaryl/α,β-unsaturated/α-hetero) is 1. The van der Waals surface area contributed by atoms with Crippen LogP contribution in [0.3, 0.4) is 0 Å². The van der Waals surface area contributed by atoms with Crippen LogP contribution in [0.5, 0.6) is 0 Å². The van der Waals surface area contributed by atoms with Gasteiger partial charge in [-0.1, -0.05) is 0 Å². The maximum atomic E-state index is 13.0. The number of carbonyl (C=O) groups excluding carboxylic acids is 2. The van der Waals surface area contributed by atoms with E-state index in [1.54, 1.807) is 0 Å². The Hall–Kier alpha value is -1.82. The van der Waals surface area contributed by atoms with Gasteiger partial charge in [0.2, 0.25) is 5.91 Å². The van der Waals surface area contributed by atoms with Gasteiger partial charge in [-0.15, -0.1) is 0 Å². The number of hydrogen-bond donors (Lipinski definition) is 2. The molecule has 0 aromatic heterocycles. The number of carbonyl (C=O) groups is 2. The number of nitrogens with one attached hydrogen (secondary N) is 2. The minimum atomic E-state index is -1.07. The third-order valence-corrected chi connectivity index (χ3v) is 3.37. The highest BCUT2D eigenvalue weighted by atomic mass is 19.2. The lowest BCUT2D eigenvalue weighted by Crippen LogP contribution is -2.40. The van der Waals surface area contributed by atoms with Crippen LogP contribution in [0.4, 0.5) is 8.78 Å². The van der Waals surface area contributed by atoms with E-state index < -0.39 is 17.4 Å². The van der Waals surface area contributed by atoms with Gasteiger partial charge in [-0.2, -0.15) is 0 Å². The highest BCUT2D eigenvalue weighted by Crippen LogP contribution is 2.12. The summed E-state index contributed by atoms with van der Waals surface area (Å²) < 4.78 is 25.8. The molecular formula is C14H16F2N2O2. The molecule has 1 heterocycles. The van der Waals surface area contributed by atoms with E-state index in [1.807, 2.05) is 0 Å². The highest BCUT2D eigenvalue weighted by molar-refractivity contribution is 5.99. The lowest BCUT2D eigenvalue weighted by Gasteiger charge is -2.21. The van der Waals surface area contributed by atoms with Crippen LogP contribution in [-0.2, 0) is 4.79 Å². The van der Waals surface area contributed by atoms with Gasteiger partial charge in [0.25, 0.3) is 0 Å². The van der Waals surface area contributed by atoms with Gasteiger partial charge in [0.15, 0.2) is 17.4 Å². The summed E-state index contributed by atoms with van der Waals surface area (Å²) in [5.41, 5.74) is 0.0505. The summed E-state index contributed by atoms with van der Waals surface area (Å²) >= 11 is 0. The van der Waals surface area contributed by atoms with Gasteiger partial charge in [0, 0.05) is 11.5 Å². The van der Waals surface area contributed by atoms with Gasteiger partial charge in [-0.3, -0.25) is 9.59 Å². The molecule has 1 aliphatic rings. The molecule has 0 spiro atoms. The lowest BCUT2D eigenvalue weighted by atomic mass is 9.97. The fourth-order valence-corrected chi connectivity index (χ4v) is 2.17. The second-order valence-corrected chi connectivity index (χ2v) is 4.79. The van der Waals surface area contributed by atoms with E-state index in [4.69, 9.17) is 0 Å². The maximum absolute atomic E-state index is 13.0. The molecule has 2 N–H and O–H groups in total. The molecule has 6 heteroatoms. The summed E-state index contributed by atoms with van der Waals surface area (Å²) in [7, 11) is 0. The second kappa shape index (κ2) is 6.56. The number of rotatable bonds is 4. The van der Waals surface area contributed by atoms with Crippen LogP contribution < -0.4 is 10.6 Å². The molecule has 0 radical (unpaired) electrons. The molecule has 108 valence electrons. The van der Waals surface area contributed by atoms with Gasteiger partial charge < -0.3 is 10.6 Å². The van der Waals surface area contributed by atoms with E-state index in [-0.39, 0.29) is 23.9 Å². The van der Waals surface area contributed by atoms with E-state index in [0.29, 0.717) is 0 Å². The van der Waals surface area contributed by atoms with Crippen molar-refractivity contribution in [1.82, 2.24) is 10.6 Å². The Balaban J connectivity index is 1.88. The zero-order valence-electron chi connectivity index (χ0n) is 10.9. The van der Waals surface area contributed by atoms with Crippen LogP contribution in [-0.4, -0.2) is 31.3 Å². The number of piperidine rings is 1. The van der Waals surface area contributed by atoms with E-state index >= 15 is 0 Å². The van der Waals surface area contributed by atoms with Gasteiger partial charge in [0.05, 0.1) is 6.54 Å². The first kappa shape index (κ1) is 14.6. The number of hydrogen-bond acceptors (Lipinski definition) is 3. The highest BCUT2D eigenvalue weighted by Gasteiger charge is 2.21. The SMILES string of the molecule is O=C(CNC(=O)C1CCNCC1)c1ccc(F)c(F)c1. The lowest BCUT2D eigenvalue weighted by molar-refractivity contribution is -0.125. The van der Waals surface area contributed by atoms with Crippen molar-refractivity contribution in [2.24, 2.45) is 5.92 Å². The zero-order valence-corrected chi connectivity index (χ0v) is 10.9. The predicted octanol–water partition coefficient (Wildman–Crippen LogP) is 1.26. The molecule has 1 fully saturated rings. The van der Waals surface area contributed by atoms with E-state index in [1.165, 1.54) is 6.07 Å². The van der Waals surface area contributed by atoms with Crippen LogP contribution >= 0.6 is 0 Å². The van der Waals surface area contributed by atoms with Crippen LogP contribution in [0, 0.1) is 17.6 Å². The average Bonchev–Trinajstić information content (AvgIpc) is 2.48. The van der Waals surface area contributed by atoms with Crippen LogP contribution in [0.15, 0.2) is 18.2 Å². The molecule has 0 atom stereocenters. The minimum Gasteiger partial charge on any atom is -0.348 e. The third kappa shape index (κ3) is 3.60. The van der Waals surface area contributed by atoms with E-state index in [0.717, 1.165) is 38.1 Å². The molecule has 4 nitrogen and oxygen atoms in total. The molecule has 0 bridgehead atoms. The zero-order chi connectivity index (χ0) is 14.5. The molecule has 1 saturated heterocycles. The van der Waals surface area contributed by atoms with Gasteiger partial charge >= 0.3 is 0 Å². The Morgan fingerprint density at radius 3 is 2.55 bits per heavy atom. The first-order chi connectivity index (χ1) is 9.58. The molecule has 1 aromatic rings. The van der Waals surface area contributed by atoms with Gasteiger partial charge in [-0.05, 0) is 44.1 Å². The molecule has 1 aromatic carbocycles. The van der Waals surface area contributed by atoms with Crippen molar-refractivity contribution in [2.45, 2.75) is 12.8 Å². The standard InChI is InChI=1S/C14H16F2N2O2/c15-11-2-1-10(7-12(11)16)13(19)8-18-14(20)9-3-5-17-6-4-9/h1-2,7,9,17H,3-6,8H2,(H,18,20). The van der Waals surface area contributed by atoms with Crippen LogP contribution in [0.25, 0.3) is 0 Å². The Kier molecular flexibility index (Phi) is 4.79. The largest absolute Gasteiger partial charge is 0.348 e. The van der Waals surface area contributed by atoms with Crippen LogP contribution in [0.2, 0.25) is 0 Å². The molecule has 1 amide bonds. The Labute approximate surface area is 115 Å². The summed E-state index contributed by atoms with van der Waals surface area (Å²) in [6.45, 7) is 1.37. The number of benzene rings is 1. The van der Waals surface area contributed by atoms with Crippen LogP contribution in [0.1, 0.15) is 23.2 Å². The average molecular weight is 282 g/mol. The first-order valence-electron chi connectivity index (χ1n) is 6.54. The summed E-state index contributed by atoms with van der Waals surface area (Å²) in [6.07, 6.45) is 1.48. The number of amides is 1. The van der Waals surface area contributed by atoms with Crippen molar-refractivity contribution in [3.63, 3.8) is 0 Å². The first-order valence-corrected chi connectivity index (χ1v) is 6.54. The fourth-order valence-electron chi connectivity index (χ4n) is 2.17. The van der Waals surface area contributed by atoms with Crippen molar-refractivity contribution in [2.75, 3.05) is 19.6 Å². The molecule has 0 aliphatic carbocycles. The summed E-state index contributed by atoms with van der Waals surface area (Å²) in [4.78, 5) is 23.6. The fraction of sp³-hybridized carbons (Fsp3) is 0.429. The molecular weight excluding hydrogens is 266 g/mol. The third-order valence-electron chi connectivity index (χ3n) is 3.37. The van der Waals surface area contributed by atoms with Gasteiger partial charge in [0.1, 0.15) is 0 Å². The van der Waals surface area contributed by atoms with Gasteiger partial charge in [-0.25, -0.2) is 8.78 Å². The summed E-state index contributed by atoms with van der Waals surface area (Å²) in [5.74, 6) is -2.76. The van der Waals surface area contributed by atoms with Crippen molar-refractivity contribution in [1.29, 1.82) is 0 Å². The van der Waals surface area contributed by atoms with E-state index in [9.17, 15) is 18.4 Å². The summed E-state index contributed by atoms with van der Waals surface area (Å²) in [5, 5.41) is 5.70. The Bertz CT molecular complexity index is 514. The monoisotopic (exact) mass is 282 g/mol. The molecule has 20 heavy (non-hydrogen) atoms. The van der Waals surface area contributed by atoms with Crippen molar-refractivity contribution in [3.05, 3.63) is 35.4 Å². The number of ketones is 1. The smallest absolute Gasteiger partial charge is 0.223 e. The van der Waals surface area contributed by atoms with E-state index in [2.05, 4.69) is 10.6 Å². The molecule has 2 rings (SSSR count). The van der Waals surface area contributed by atoms with Crippen molar-refractivity contribution < 1.29 is 18.4 Å². The molecule has 1 aliphatic heterocycles.